The van der Waals surface area contributed by atoms with Gasteiger partial charge in [-0.2, -0.15) is 0 Å². The Morgan fingerprint density at radius 1 is 1.39 bits per heavy atom. The van der Waals surface area contributed by atoms with Crippen molar-refractivity contribution in [3.05, 3.63) is 17.8 Å². The summed E-state index contributed by atoms with van der Waals surface area (Å²) in [6.07, 6.45) is 2.42. The zero-order valence-corrected chi connectivity index (χ0v) is 11.1. The van der Waals surface area contributed by atoms with Crippen LogP contribution in [0.3, 0.4) is 0 Å². The molecular weight excluding hydrogens is 232 g/mol. The van der Waals surface area contributed by atoms with Crippen molar-refractivity contribution >= 4 is 17.5 Å². The molecule has 0 bridgehead atoms. The van der Waals surface area contributed by atoms with Gasteiger partial charge in [0.1, 0.15) is 11.4 Å². The highest BCUT2D eigenvalue weighted by molar-refractivity contribution is 5.94. The Morgan fingerprint density at radius 3 is 2.61 bits per heavy atom. The Morgan fingerprint density at radius 2 is 2.06 bits per heavy atom. The third-order valence-corrected chi connectivity index (χ3v) is 2.58. The number of carboxylic acid groups (broad SMARTS) is 1. The van der Waals surface area contributed by atoms with E-state index in [2.05, 4.69) is 9.88 Å². The number of nitrogens with zero attached hydrogens (tertiary/aromatic N) is 3. The summed E-state index contributed by atoms with van der Waals surface area (Å²) in [6, 6.07) is 1.44. The Labute approximate surface area is 107 Å². The van der Waals surface area contributed by atoms with Crippen molar-refractivity contribution in [2.45, 2.75) is 6.42 Å². The van der Waals surface area contributed by atoms with Crippen molar-refractivity contribution in [1.82, 2.24) is 9.88 Å². The maximum Gasteiger partial charge on any atom is 0.339 e. The van der Waals surface area contributed by atoms with Gasteiger partial charge in [0.2, 0.25) is 0 Å². The number of rotatable bonds is 6. The van der Waals surface area contributed by atoms with Gasteiger partial charge in [-0.15, -0.1) is 0 Å². The third-order valence-electron chi connectivity index (χ3n) is 2.58. The summed E-state index contributed by atoms with van der Waals surface area (Å²) in [4.78, 5) is 19.2. The van der Waals surface area contributed by atoms with Crippen LogP contribution in [0.1, 0.15) is 16.8 Å². The van der Waals surface area contributed by atoms with E-state index in [0.29, 0.717) is 11.5 Å². The Hall–Kier alpha value is -1.82. The van der Waals surface area contributed by atoms with Gasteiger partial charge in [-0.05, 0) is 33.1 Å². The predicted octanol–water partition coefficient (Wildman–Crippen LogP) is 0.750. The molecule has 0 saturated carbocycles. The van der Waals surface area contributed by atoms with Crippen LogP contribution in [0.4, 0.5) is 11.5 Å². The number of carboxylic acids is 1. The normalized spacial score (nSPS) is 10.7. The SMILES string of the molecule is CN(C)CCCN(C)c1ncc(N)cc1C(=O)O. The molecule has 0 fully saturated rings. The van der Waals surface area contributed by atoms with Crippen molar-refractivity contribution in [3.8, 4) is 0 Å². The fourth-order valence-electron chi connectivity index (χ4n) is 1.67. The van der Waals surface area contributed by atoms with Crippen molar-refractivity contribution < 1.29 is 9.90 Å². The molecule has 0 aliphatic rings. The third kappa shape index (κ3) is 3.89. The van der Waals surface area contributed by atoms with Crippen molar-refractivity contribution in [2.24, 2.45) is 0 Å². The van der Waals surface area contributed by atoms with E-state index in [4.69, 9.17) is 10.8 Å². The van der Waals surface area contributed by atoms with Crippen LogP contribution in [0.15, 0.2) is 12.3 Å². The van der Waals surface area contributed by atoms with E-state index in [1.54, 1.807) is 0 Å². The lowest BCUT2D eigenvalue weighted by Crippen LogP contribution is -2.25. The van der Waals surface area contributed by atoms with Gasteiger partial charge < -0.3 is 20.6 Å². The molecule has 0 aromatic carbocycles. The van der Waals surface area contributed by atoms with Gasteiger partial charge >= 0.3 is 5.97 Å². The number of pyridine rings is 1. The molecule has 0 spiro atoms. The summed E-state index contributed by atoms with van der Waals surface area (Å²) in [7, 11) is 5.84. The van der Waals surface area contributed by atoms with Gasteiger partial charge in [0.25, 0.3) is 0 Å². The monoisotopic (exact) mass is 252 g/mol. The van der Waals surface area contributed by atoms with Gasteiger partial charge in [-0.25, -0.2) is 9.78 Å². The maximum absolute atomic E-state index is 11.1. The summed E-state index contributed by atoms with van der Waals surface area (Å²) < 4.78 is 0. The summed E-state index contributed by atoms with van der Waals surface area (Å²) >= 11 is 0. The molecule has 6 nitrogen and oxygen atoms in total. The number of hydrogen-bond donors (Lipinski definition) is 2. The smallest absolute Gasteiger partial charge is 0.339 e. The fourth-order valence-corrected chi connectivity index (χ4v) is 1.67. The largest absolute Gasteiger partial charge is 0.478 e. The molecule has 0 aliphatic heterocycles. The average Bonchev–Trinajstić information content (AvgIpc) is 2.28. The summed E-state index contributed by atoms with van der Waals surface area (Å²) in [5.41, 5.74) is 6.05. The van der Waals surface area contributed by atoms with E-state index < -0.39 is 5.97 Å². The van der Waals surface area contributed by atoms with Gasteiger partial charge in [0.15, 0.2) is 0 Å². The van der Waals surface area contributed by atoms with Crippen LogP contribution in [-0.2, 0) is 0 Å². The molecule has 0 radical (unpaired) electrons. The number of aromatic nitrogens is 1. The van der Waals surface area contributed by atoms with Crippen LogP contribution < -0.4 is 10.6 Å². The number of anilines is 2. The Kier molecular flexibility index (Phi) is 4.91. The minimum Gasteiger partial charge on any atom is -0.478 e. The zero-order valence-electron chi connectivity index (χ0n) is 11.1. The van der Waals surface area contributed by atoms with Gasteiger partial charge in [0, 0.05) is 13.6 Å². The molecule has 1 rings (SSSR count). The van der Waals surface area contributed by atoms with Crippen LogP contribution in [0.25, 0.3) is 0 Å². The first-order valence-corrected chi connectivity index (χ1v) is 5.76. The first-order valence-electron chi connectivity index (χ1n) is 5.76. The first kappa shape index (κ1) is 14.2. The van der Waals surface area contributed by atoms with Gasteiger partial charge in [0.05, 0.1) is 11.9 Å². The lowest BCUT2D eigenvalue weighted by molar-refractivity contribution is 0.0697. The van der Waals surface area contributed by atoms with E-state index in [1.165, 1.54) is 12.3 Å². The minimum atomic E-state index is -1.01. The molecule has 0 aliphatic carbocycles. The molecule has 6 heteroatoms. The molecule has 18 heavy (non-hydrogen) atoms. The average molecular weight is 252 g/mol. The topological polar surface area (TPSA) is 82.7 Å². The van der Waals surface area contributed by atoms with Crippen LogP contribution in [0, 0.1) is 0 Å². The van der Waals surface area contributed by atoms with Crippen molar-refractivity contribution in [2.75, 3.05) is 44.9 Å². The quantitative estimate of drug-likeness (QED) is 0.777. The van der Waals surface area contributed by atoms with E-state index in [0.717, 1.165) is 19.5 Å². The molecule has 0 unspecified atom stereocenters. The maximum atomic E-state index is 11.1. The molecule has 0 saturated heterocycles. The number of aromatic carboxylic acids is 1. The molecule has 1 aromatic heterocycles. The number of carbonyl (C=O) groups is 1. The summed E-state index contributed by atoms with van der Waals surface area (Å²) in [5.74, 6) is -0.556. The van der Waals surface area contributed by atoms with E-state index >= 15 is 0 Å². The first-order chi connectivity index (χ1) is 8.41. The second-order valence-corrected chi connectivity index (χ2v) is 4.52. The lowest BCUT2D eigenvalue weighted by Gasteiger charge is -2.21. The van der Waals surface area contributed by atoms with E-state index in [-0.39, 0.29) is 5.56 Å². The zero-order chi connectivity index (χ0) is 13.7. The highest BCUT2D eigenvalue weighted by Crippen LogP contribution is 2.19. The van der Waals surface area contributed by atoms with Crippen LogP contribution in [0.5, 0.6) is 0 Å². The fraction of sp³-hybridized carbons (Fsp3) is 0.500. The molecule has 1 heterocycles. The summed E-state index contributed by atoms with van der Waals surface area (Å²) in [5, 5.41) is 9.12. The van der Waals surface area contributed by atoms with Crippen molar-refractivity contribution in [3.63, 3.8) is 0 Å². The Balaban J connectivity index is 2.78. The molecule has 1 aromatic rings. The summed E-state index contributed by atoms with van der Waals surface area (Å²) in [6.45, 7) is 1.69. The number of nitrogens with two attached hydrogens (primary N) is 1. The van der Waals surface area contributed by atoms with Crippen molar-refractivity contribution in [1.29, 1.82) is 0 Å². The highest BCUT2D eigenvalue weighted by Gasteiger charge is 2.15. The van der Waals surface area contributed by atoms with Crippen LogP contribution in [0.2, 0.25) is 0 Å². The van der Waals surface area contributed by atoms with Gasteiger partial charge in [-0.3, -0.25) is 0 Å². The molecule has 100 valence electrons. The van der Waals surface area contributed by atoms with Crippen LogP contribution in [-0.4, -0.2) is 55.2 Å². The molecule has 0 amide bonds. The molecule has 3 N–H and O–H groups in total. The standard InChI is InChI=1S/C12H20N4O2/c1-15(2)5-4-6-16(3)11-10(12(17)18)7-9(13)8-14-11/h7-8H,4-6,13H2,1-3H3,(H,17,18). The van der Waals surface area contributed by atoms with Gasteiger partial charge in [-0.1, -0.05) is 0 Å². The minimum absolute atomic E-state index is 0.141. The number of hydrogen-bond acceptors (Lipinski definition) is 5. The van der Waals surface area contributed by atoms with E-state index in [9.17, 15) is 4.79 Å². The predicted molar refractivity (Wildman–Crippen MR) is 72.0 cm³/mol. The lowest BCUT2D eigenvalue weighted by atomic mass is 10.2. The second-order valence-electron chi connectivity index (χ2n) is 4.52. The highest BCUT2D eigenvalue weighted by atomic mass is 16.4. The molecular formula is C12H20N4O2. The van der Waals surface area contributed by atoms with E-state index in [1.807, 2.05) is 26.0 Å². The second kappa shape index (κ2) is 6.20. The van der Waals surface area contributed by atoms with Crippen LogP contribution >= 0.6 is 0 Å². The number of nitrogen functional groups attached to an aromatic ring is 1. The Bertz CT molecular complexity index is 421. The molecule has 0 atom stereocenters.